The van der Waals surface area contributed by atoms with Crippen LogP contribution >= 0.6 is 0 Å². The molecule has 0 saturated carbocycles. The van der Waals surface area contributed by atoms with E-state index >= 15 is 0 Å². The average molecular weight is 333 g/mol. The minimum atomic E-state index is 0.246. The molecule has 3 heterocycles. The monoisotopic (exact) mass is 333 g/mol. The quantitative estimate of drug-likeness (QED) is 0.574. The fraction of sp³-hybridized carbons (Fsp3) is 0.300. The van der Waals surface area contributed by atoms with Gasteiger partial charge in [-0.3, -0.25) is 9.88 Å². The fourth-order valence-corrected chi connectivity index (χ4v) is 3.59. The minimum Gasteiger partial charge on any atom is -0.354 e. The Kier molecular flexibility index (Phi) is 3.81. The molecule has 1 atom stereocenters. The molecular formula is C20H23N5. The summed E-state index contributed by atoms with van der Waals surface area (Å²) in [4.78, 5) is 11.1. The Labute approximate surface area is 147 Å². The number of aryl methyl sites for hydroxylation is 1. The Morgan fingerprint density at radius 2 is 1.96 bits per heavy atom. The van der Waals surface area contributed by atoms with E-state index in [9.17, 15) is 0 Å². The van der Waals surface area contributed by atoms with Gasteiger partial charge in [0.05, 0.1) is 11.7 Å². The Bertz CT molecular complexity index is 1060. The molecule has 0 fully saturated rings. The maximum atomic E-state index is 4.65. The second-order valence-electron chi connectivity index (χ2n) is 6.74. The van der Waals surface area contributed by atoms with Crippen LogP contribution in [0.3, 0.4) is 0 Å². The van der Waals surface area contributed by atoms with Crippen molar-refractivity contribution in [3.05, 3.63) is 42.9 Å². The van der Waals surface area contributed by atoms with Crippen molar-refractivity contribution in [3.63, 3.8) is 0 Å². The van der Waals surface area contributed by atoms with Crippen molar-refractivity contribution in [2.75, 3.05) is 19.4 Å². The van der Waals surface area contributed by atoms with Gasteiger partial charge in [-0.1, -0.05) is 6.92 Å². The molecule has 0 amide bonds. The normalized spacial score (nSPS) is 13.2. The summed E-state index contributed by atoms with van der Waals surface area (Å²) in [5.74, 6) is 0.937. The summed E-state index contributed by atoms with van der Waals surface area (Å²) in [7, 11) is 6.29. The molecule has 0 bridgehead atoms. The van der Waals surface area contributed by atoms with Gasteiger partial charge in [0.1, 0.15) is 5.82 Å². The van der Waals surface area contributed by atoms with Crippen molar-refractivity contribution in [2.45, 2.75) is 19.5 Å². The molecule has 0 saturated heterocycles. The average Bonchev–Trinajstić information content (AvgIpc) is 2.90. The first kappa shape index (κ1) is 15.8. The van der Waals surface area contributed by atoms with Gasteiger partial charge in [-0.2, -0.15) is 0 Å². The molecule has 0 radical (unpaired) electrons. The maximum absolute atomic E-state index is 4.65. The minimum absolute atomic E-state index is 0.246. The number of rotatable bonds is 4. The van der Waals surface area contributed by atoms with E-state index in [0.29, 0.717) is 0 Å². The van der Waals surface area contributed by atoms with Crippen LogP contribution in [0.1, 0.15) is 13.3 Å². The van der Waals surface area contributed by atoms with E-state index in [1.807, 2.05) is 18.6 Å². The summed E-state index contributed by atoms with van der Waals surface area (Å²) in [6, 6.07) is 8.60. The maximum Gasteiger partial charge on any atom is 0.137 e. The van der Waals surface area contributed by atoms with Crippen LogP contribution in [-0.2, 0) is 7.05 Å². The highest BCUT2D eigenvalue weighted by Crippen LogP contribution is 2.35. The molecule has 5 heteroatoms. The summed E-state index contributed by atoms with van der Waals surface area (Å²) >= 11 is 0. The third-order valence-corrected chi connectivity index (χ3v) is 4.99. The van der Waals surface area contributed by atoms with Crippen LogP contribution in [0, 0.1) is 0 Å². The number of aromatic nitrogens is 3. The van der Waals surface area contributed by atoms with E-state index in [2.05, 4.69) is 77.1 Å². The molecule has 1 aromatic carbocycles. The molecule has 25 heavy (non-hydrogen) atoms. The lowest BCUT2D eigenvalue weighted by Gasteiger charge is -2.24. The first-order valence-electron chi connectivity index (χ1n) is 8.64. The highest BCUT2D eigenvalue weighted by atomic mass is 15.2. The fourth-order valence-electron chi connectivity index (χ4n) is 3.59. The number of hydrogen-bond donors (Lipinski definition) is 1. The number of fused-ring (bicyclic) bond motifs is 4. The Morgan fingerprint density at radius 3 is 2.72 bits per heavy atom. The number of benzene rings is 1. The summed E-state index contributed by atoms with van der Waals surface area (Å²) in [5, 5.41) is 8.35. The van der Waals surface area contributed by atoms with Gasteiger partial charge in [0.15, 0.2) is 0 Å². The predicted molar refractivity (Wildman–Crippen MR) is 105 cm³/mol. The molecule has 0 aliphatic rings. The van der Waals surface area contributed by atoms with Crippen molar-refractivity contribution in [1.29, 1.82) is 0 Å². The van der Waals surface area contributed by atoms with Gasteiger partial charge < -0.3 is 9.88 Å². The van der Waals surface area contributed by atoms with Gasteiger partial charge >= 0.3 is 0 Å². The molecule has 0 aliphatic heterocycles. The second kappa shape index (κ2) is 6.01. The van der Waals surface area contributed by atoms with Gasteiger partial charge in [-0.25, -0.2) is 4.98 Å². The lowest BCUT2D eigenvalue weighted by Crippen LogP contribution is -2.34. The summed E-state index contributed by atoms with van der Waals surface area (Å²) in [6.45, 7) is 2.18. The molecule has 3 aromatic heterocycles. The molecular weight excluding hydrogens is 310 g/mol. The second-order valence-corrected chi connectivity index (χ2v) is 6.74. The Hall–Kier alpha value is -2.66. The highest BCUT2D eigenvalue weighted by Gasteiger charge is 2.16. The summed E-state index contributed by atoms with van der Waals surface area (Å²) < 4.78 is 2.24. The van der Waals surface area contributed by atoms with Crippen LogP contribution < -0.4 is 5.32 Å². The van der Waals surface area contributed by atoms with E-state index in [1.54, 1.807) is 0 Å². The van der Waals surface area contributed by atoms with E-state index in [1.165, 1.54) is 27.2 Å². The van der Waals surface area contributed by atoms with Gasteiger partial charge in [0.2, 0.25) is 0 Å². The number of anilines is 1. The van der Waals surface area contributed by atoms with Crippen molar-refractivity contribution in [3.8, 4) is 0 Å². The smallest absolute Gasteiger partial charge is 0.137 e. The SMILES string of the molecule is CCC(Nc1nccc2c1c1cc3cnccc3cc1n2C)N(C)C. The van der Waals surface area contributed by atoms with Gasteiger partial charge in [0.25, 0.3) is 0 Å². The van der Waals surface area contributed by atoms with E-state index in [-0.39, 0.29) is 6.17 Å². The zero-order chi connectivity index (χ0) is 17.6. The largest absolute Gasteiger partial charge is 0.354 e. The molecule has 0 aliphatic carbocycles. The number of nitrogens with one attached hydrogen (secondary N) is 1. The molecule has 5 nitrogen and oxygen atoms in total. The van der Waals surface area contributed by atoms with Gasteiger partial charge in [-0.05, 0) is 50.2 Å². The predicted octanol–water partition coefficient (Wildman–Crippen LogP) is 3.98. The molecule has 0 spiro atoms. The lowest BCUT2D eigenvalue weighted by atomic mass is 10.1. The summed E-state index contributed by atoms with van der Waals surface area (Å²) in [6.07, 6.45) is 6.89. The summed E-state index contributed by atoms with van der Waals surface area (Å²) in [5.41, 5.74) is 2.40. The molecule has 1 unspecified atom stereocenters. The topological polar surface area (TPSA) is 46.0 Å². The van der Waals surface area contributed by atoms with Crippen molar-refractivity contribution >= 4 is 38.4 Å². The first-order valence-corrected chi connectivity index (χ1v) is 8.64. The van der Waals surface area contributed by atoms with Crippen LogP contribution in [-0.4, -0.2) is 39.7 Å². The van der Waals surface area contributed by atoms with E-state index < -0.39 is 0 Å². The number of pyridine rings is 2. The van der Waals surface area contributed by atoms with Crippen LogP contribution in [0.25, 0.3) is 32.6 Å². The highest BCUT2D eigenvalue weighted by molar-refractivity contribution is 6.16. The Balaban J connectivity index is 2.01. The van der Waals surface area contributed by atoms with Crippen LogP contribution in [0.2, 0.25) is 0 Å². The van der Waals surface area contributed by atoms with Crippen molar-refractivity contribution in [2.24, 2.45) is 7.05 Å². The van der Waals surface area contributed by atoms with Crippen LogP contribution in [0.15, 0.2) is 42.9 Å². The molecule has 1 N–H and O–H groups in total. The van der Waals surface area contributed by atoms with Gasteiger partial charge in [0, 0.05) is 47.3 Å². The third-order valence-electron chi connectivity index (χ3n) is 4.99. The Morgan fingerprint density at radius 1 is 1.12 bits per heavy atom. The van der Waals surface area contributed by atoms with E-state index in [0.717, 1.165) is 17.6 Å². The molecule has 4 rings (SSSR count). The van der Waals surface area contributed by atoms with Crippen LogP contribution in [0.5, 0.6) is 0 Å². The van der Waals surface area contributed by atoms with Crippen LogP contribution in [0.4, 0.5) is 5.82 Å². The molecule has 4 aromatic rings. The third kappa shape index (κ3) is 2.51. The van der Waals surface area contributed by atoms with Crippen molar-refractivity contribution < 1.29 is 0 Å². The lowest BCUT2D eigenvalue weighted by molar-refractivity contribution is 0.315. The number of nitrogens with zero attached hydrogens (tertiary/aromatic N) is 4. The zero-order valence-electron chi connectivity index (χ0n) is 15.1. The van der Waals surface area contributed by atoms with E-state index in [4.69, 9.17) is 0 Å². The molecule has 128 valence electrons. The standard InChI is InChI=1S/C20H23N5/c1-5-18(24(2)3)23-20-19-15-10-14-12-21-8-6-13(14)11-17(15)25(4)16(19)7-9-22-20/h6-12,18H,5H2,1-4H3,(H,22,23). The number of hydrogen-bond acceptors (Lipinski definition) is 4. The zero-order valence-corrected chi connectivity index (χ0v) is 15.1. The van der Waals surface area contributed by atoms with Gasteiger partial charge in [-0.15, -0.1) is 0 Å². The first-order chi connectivity index (χ1) is 12.1. The van der Waals surface area contributed by atoms with Crippen molar-refractivity contribution in [1.82, 2.24) is 19.4 Å².